The molecule has 0 radical (unpaired) electrons. The Morgan fingerprint density at radius 1 is 1.20 bits per heavy atom. The van der Waals surface area contributed by atoms with E-state index in [4.69, 9.17) is 0 Å². The summed E-state index contributed by atoms with van der Waals surface area (Å²) in [5, 5.41) is 6.20. The molecule has 0 saturated heterocycles. The smallest absolute Gasteiger partial charge is 0.223 e. The van der Waals surface area contributed by atoms with Crippen LogP contribution in [0.4, 0.5) is 0 Å². The third kappa shape index (κ3) is 7.63. The van der Waals surface area contributed by atoms with E-state index in [9.17, 15) is 4.79 Å². The molecule has 92 valence electrons. The molecule has 2 N–H and O–H groups in total. The summed E-state index contributed by atoms with van der Waals surface area (Å²) < 4.78 is 0. The van der Waals surface area contributed by atoms with Gasteiger partial charge in [0.1, 0.15) is 0 Å². The van der Waals surface area contributed by atoms with Crippen molar-refractivity contribution in [1.82, 2.24) is 10.6 Å². The minimum atomic E-state index is 0. The van der Waals surface area contributed by atoms with Gasteiger partial charge in [-0.3, -0.25) is 4.79 Å². The Bertz CT molecular complexity index is 174. The molecular weight excluding hydrogens is 212 g/mol. The Balaban J connectivity index is 0. The summed E-state index contributed by atoms with van der Waals surface area (Å²) >= 11 is 0. The van der Waals surface area contributed by atoms with Crippen LogP contribution in [0.3, 0.4) is 0 Å². The van der Waals surface area contributed by atoms with Gasteiger partial charge < -0.3 is 10.6 Å². The minimum Gasteiger partial charge on any atom is -0.354 e. The van der Waals surface area contributed by atoms with E-state index in [1.54, 1.807) is 0 Å². The van der Waals surface area contributed by atoms with E-state index in [2.05, 4.69) is 38.3 Å². The first kappa shape index (κ1) is 17.1. The highest BCUT2D eigenvalue weighted by Gasteiger charge is 2.16. The fraction of sp³-hybridized carbons (Fsp3) is 0.909. The van der Waals surface area contributed by atoms with Crippen LogP contribution in [0.2, 0.25) is 0 Å². The molecule has 0 spiro atoms. The van der Waals surface area contributed by atoms with Gasteiger partial charge in [0, 0.05) is 18.5 Å². The van der Waals surface area contributed by atoms with E-state index in [1.807, 2.05) is 6.92 Å². The number of hydrogen-bond donors (Lipinski definition) is 2. The van der Waals surface area contributed by atoms with E-state index in [0.717, 1.165) is 6.54 Å². The zero-order valence-electron chi connectivity index (χ0n) is 10.5. The maximum Gasteiger partial charge on any atom is 0.223 e. The quantitative estimate of drug-likeness (QED) is 0.739. The Labute approximate surface area is 99.8 Å². The largest absolute Gasteiger partial charge is 0.354 e. The second-order valence-corrected chi connectivity index (χ2v) is 4.24. The molecular formula is C11H25ClN2O. The summed E-state index contributed by atoms with van der Waals surface area (Å²) in [4.78, 5) is 11.6. The van der Waals surface area contributed by atoms with Crippen molar-refractivity contribution in [2.45, 2.75) is 40.7 Å². The lowest BCUT2D eigenvalue weighted by Crippen LogP contribution is -2.41. The van der Waals surface area contributed by atoms with E-state index < -0.39 is 0 Å². The summed E-state index contributed by atoms with van der Waals surface area (Å²) in [6, 6.07) is 0.350. The maximum absolute atomic E-state index is 11.6. The van der Waals surface area contributed by atoms with Crippen LogP contribution in [0.15, 0.2) is 0 Å². The summed E-state index contributed by atoms with van der Waals surface area (Å²) in [5.41, 5.74) is 0. The summed E-state index contributed by atoms with van der Waals surface area (Å²) in [6.07, 6.45) is 0. The molecule has 0 saturated carbocycles. The first-order valence-corrected chi connectivity index (χ1v) is 5.50. The standard InChI is InChI=1S/C11H24N2O.ClH/c1-6-12-9(4)7-13-11(14)10(5)8(2)3;/h8-10,12H,6-7H2,1-5H3,(H,13,14);1H/t9-,10?;/m1./s1. The van der Waals surface area contributed by atoms with Crippen molar-refractivity contribution in [1.29, 1.82) is 0 Å². The first-order chi connectivity index (χ1) is 6.49. The van der Waals surface area contributed by atoms with Crippen LogP contribution in [0.25, 0.3) is 0 Å². The first-order valence-electron chi connectivity index (χ1n) is 5.50. The Morgan fingerprint density at radius 2 is 1.73 bits per heavy atom. The number of rotatable bonds is 6. The number of nitrogens with one attached hydrogen (secondary N) is 2. The second kappa shape index (κ2) is 8.98. The van der Waals surface area contributed by atoms with Crippen molar-refractivity contribution >= 4 is 18.3 Å². The van der Waals surface area contributed by atoms with Gasteiger partial charge in [0.25, 0.3) is 0 Å². The van der Waals surface area contributed by atoms with Crippen LogP contribution in [-0.4, -0.2) is 25.0 Å². The number of carbonyl (C=O) groups excluding carboxylic acids is 1. The van der Waals surface area contributed by atoms with Gasteiger partial charge >= 0.3 is 0 Å². The maximum atomic E-state index is 11.6. The van der Waals surface area contributed by atoms with Crippen LogP contribution in [0, 0.1) is 11.8 Å². The molecule has 0 aromatic heterocycles. The van der Waals surface area contributed by atoms with Gasteiger partial charge in [-0.15, -0.1) is 12.4 Å². The molecule has 0 heterocycles. The molecule has 0 aliphatic rings. The van der Waals surface area contributed by atoms with E-state index in [0.29, 0.717) is 18.5 Å². The number of amides is 1. The number of carbonyl (C=O) groups is 1. The number of likely N-dealkylation sites (N-methyl/N-ethyl adjacent to an activating group) is 1. The summed E-state index contributed by atoms with van der Waals surface area (Å²) in [7, 11) is 0. The zero-order chi connectivity index (χ0) is 11.1. The minimum absolute atomic E-state index is 0. The third-order valence-corrected chi connectivity index (χ3v) is 2.55. The van der Waals surface area contributed by atoms with Crippen LogP contribution in [-0.2, 0) is 4.79 Å². The van der Waals surface area contributed by atoms with Crippen LogP contribution in [0.5, 0.6) is 0 Å². The Morgan fingerprint density at radius 3 is 2.13 bits per heavy atom. The zero-order valence-corrected chi connectivity index (χ0v) is 11.3. The lowest BCUT2D eigenvalue weighted by atomic mass is 9.97. The third-order valence-electron chi connectivity index (χ3n) is 2.55. The lowest BCUT2D eigenvalue weighted by molar-refractivity contribution is -0.125. The molecule has 3 nitrogen and oxygen atoms in total. The topological polar surface area (TPSA) is 41.1 Å². The van der Waals surface area contributed by atoms with Crippen molar-refractivity contribution in [2.75, 3.05) is 13.1 Å². The monoisotopic (exact) mass is 236 g/mol. The van der Waals surface area contributed by atoms with Gasteiger partial charge in [-0.05, 0) is 19.4 Å². The van der Waals surface area contributed by atoms with Crippen molar-refractivity contribution in [3.63, 3.8) is 0 Å². The van der Waals surface area contributed by atoms with Gasteiger partial charge in [-0.1, -0.05) is 27.7 Å². The van der Waals surface area contributed by atoms with E-state index >= 15 is 0 Å². The molecule has 0 bridgehead atoms. The molecule has 1 amide bonds. The number of halogens is 1. The molecule has 0 fully saturated rings. The average Bonchev–Trinajstić information content (AvgIpc) is 2.13. The highest BCUT2D eigenvalue weighted by Crippen LogP contribution is 2.08. The molecule has 0 rings (SSSR count). The van der Waals surface area contributed by atoms with Crippen LogP contribution >= 0.6 is 12.4 Å². The van der Waals surface area contributed by atoms with Gasteiger partial charge in [0.2, 0.25) is 5.91 Å². The van der Waals surface area contributed by atoms with Gasteiger partial charge in [0.05, 0.1) is 0 Å². The predicted octanol–water partition coefficient (Wildman–Crippen LogP) is 1.81. The summed E-state index contributed by atoms with van der Waals surface area (Å²) in [5.74, 6) is 0.665. The molecule has 15 heavy (non-hydrogen) atoms. The van der Waals surface area contributed by atoms with Crippen LogP contribution < -0.4 is 10.6 Å². The SMILES string of the molecule is CCN[C@H](C)CNC(=O)C(C)C(C)C.Cl. The Hall–Kier alpha value is -0.280. The van der Waals surface area contributed by atoms with Crippen LogP contribution in [0.1, 0.15) is 34.6 Å². The fourth-order valence-electron chi connectivity index (χ4n) is 1.14. The Kier molecular flexibility index (Phi) is 10.3. The normalized spacial score (nSPS) is 14.3. The second-order valence-electron chi connectivity index (χ2n) is 4.24. The van der Waals surface area contributed by atoms with Gasteiger partial charge in [-0.25, -0.2) is 0 Å². The van der Waals surface area contributed by atoms with Gasteiger partial charge in [0.15, 0.2) is 0 Å². The molecule has 4 heteroatoms. The van der Waals surface area contributed by atoms with Gasteiger partial charge in [-0.2, -0.15) is 0 Å². The van der Waals surface area contributed by atoms with E-state index in [-0.39, 0.29) is 24.2 Å². The van der Waals surface area contributed by atoms with Crippen molar-refractivity contribution in [3.05, 3.63) is 0 Å². The highest BCUT2D eigenvalue weighted by atomic mass is 35.5. The fourth-order valence-corrected chi connectivity index (χ4v) is 1.14. The lowest BCUT2D eigenvalue weighted by Gasteiger charge is -2.18. The molecule has 0 aromatic carbocycles. The van der Waals surface area contributed by atoms with Crippen molar-refractivity contribution < 1.29 is 4.79 Å². The summed E-state index contributed by atoms with van der Waals surface area (Å²) in [6.45, 7) is 11.9. The van der Waals surface area contributed by atoms with E-state index in [1.165, 1.54) is 0 Å². The molecule has 0 aliphatic heterocycles. The van der Waals surface area contributed by atoms with Crippen molar-refractivity contribution in [3.8, 4) is 0 Å². The molecule has 1 unspecified atom stereocenters. The molecule has 0 aliphatic carbocycles. The highest BCUT2D eigenvalue weighted by molar-refractivity contribution is 5.85. The molecule has 2 atom stereocenters. The average molecular weight is 237 g/mol. The predicted molar refractivity (Wildman–Crippen MR) is 67.4 cm³/mol. The number of hydrogen-bond acceptors (Lipinski definition) is 2. The van der Waals surface area contributed by atoms with Crippen molar-refractivity contribution in [2.24, 2.45) is 11.8 Å². The molecule has 0 aromatic rings.